The number of hydrogen-bond acceptors (Lipinski definition) is 4. The van der Waals surface area contributed by atoms with E-state index in [1.807, 2.05) is 48.5 Å². The van der Waals surface area contributed by atoms with Crippen LogP contribution in [0.1, 0.15) is 28.4 Å². The van der Waals surface area contributed by atoms with E-state index < -0.39 is 10.1 Å². The van der Waals surface area contributed by atoms with Crippen molar-refractivity contribution in [3.63, 3.8) is 0 Å². The smallest absolute Gasteiger partial charge is 0.261 e. The number of amides is 1. The van der Waals surface area contributed by atoms with E-state index in [1.165, 1.54) is 0 Å². The Kier molecular flexibility index (Phi) is 8.11. The second kappa shape index (κ2) is 9.82. The van der Waals surface area contributed by atoms with Gasteiger partial charge in [0.15, 0.2) is 0 Å². The number of benzene rings is 2. The predicted octanol–water partition coefficient (Wildman–Crippen LogP) is 2.04. The Morgan fingerprint density at radius 1 is 1.04 bits per heavy atom. The third kappa shape index (κ3) is 8.42. The van der Waals surface area contributed by atoms with Gasteiger partial charge in [-0.15, -0.1) is 0 Å². The van der Waals surface area contributed by atoms with Gasteiger partial charge in [-0.1, -0.05) is 48.5 Å². The first-order chi connectivity index (χ1) is 11.3. The molecule has 130 valence electrons. The van der Waals surface area contributed by atoms with Gasteiger partial charge in [-0.2, -0.15) is 8.42 Å². The molecule has 2 rings (SSSR count). The van der Waals surface area contributed by atoms with Gasteiger partial charge < -0.3 is 10.4 Å². The minimum absolute atomic E-state index is 0.0363. The lowest BCUT2D eigenvalue weighted by Crippen LogP contribution is -2.29. The standard InChI is InChI=1S/C16H17NO2.CH4O3S/c18-12-11-15(13-7-3-1-4-8-13)17-16(19)14-9-5-2-6-10-14;1-5(2,3)4/h1-10,15,18H,11-12H2,(H,17,19);1H3,(H,2,3,4). The van der Waals surface area contributed by atoms with E-state index in [0.717, 1.165) is 5.56 Å². The zero-order valence-corrected chi connectivity index (χ0v) is 14.1. The quantitative estimate of drug-likeness (QED) is 0.715. The summed E-state index contributed by atoms with van der Waals surface area (Å²) in [5, 5.41) is 12.1. The van der Waals surface area contributed by atoms with E-state index in [4.69, 9.17) is 9.66 Å². The lowest BCUT2D eigenvalue weighted by molar-refractivity contribution is 0.0930. The van der Waals surface area contributed by atoms with Crippen LogP contribution in [0.5, 0.6) is 0 Å². The molecule has 6 nitrogen and oxygen atoms in total. The lowest BCUT2D eigenvalue weighted by Gasteiger charge is -2.18. The SMILES string of the molecule is CS(=O)(=O)O.O=C(NC(CCO)c1ccccc1)c1ccccc1. The molecule has 0 saturated carbocycles. The molecular weight excluding hydrogens is 330 g/mol. The van der Waals surface area contributed by atoms with Crippen molar-refractivity contribution in [2.24, 2.45) is 0 Å². The molecule has 2 aromatic carbocycles. The highest BCUT2D eigenvalue weighted by atomic mass is 32.2. The van der Waals surface area contributed by atoms with Gasteiger partial charge in [0.25, 0.3) is 16.0 Å². The van der Waals surface area contributed by atoms with Crippen molar-refractivity contribution in [1.29, 1.82) is 0 Å². The van der Waals surface area contributed by atoms with Gasteiger partial charge in [-0.05, 0) is 24.1 Å². The second-order valence-corrected chi connectivity index (χ2v) is 6.51. The van der Waals surface area contributed by atoms with Gasteiger partial charge in [0.05, 0.1) is 12.3 Å². The molecule has 0 heterocycles. The van der Waals surface area contributed by atoms with E-state index in [9.17, 15) is 13.2 Å². The molecule has 0 saturated heterocycles. The third-order valence-electron chi connectivity index (χ3n) is 2.96. The van der Waals surface area contributed by atoms with Crippen molar-refractivity contribution in [2.45, 2.75) is 12.5 Å². The fraction of sp³-hybridized carbons (Fsp3) is 0.235. The first kappa shape index (κ1) is 19.8. The molecule has 3 N–H and O–H groups in total. The van der Waals surface area contributed by atoms with Crippen LogP contribution in [0.3, 0.4) is 0 Å². The van der Waals surface area contributed by atoms with E-state index in [-0.39, 0.29) is 18.6 Å². The Labute approximate surface area is 141 Å². The molecule has 1 atom stereocenters. The van der Waals surface area contributed by atoms with Crippen LogP contribution in [-0.4, -0.2) is 36.8 Å². The average molecular weight is 351 g/mol. The first-order valence-corrected chi connectivity index (χ1v) is 9.10. The van der Waals surface area contributed by atoms with Gasteiger partial charge in [-0.3, -0.25) is 9.35 Å². The van der Waals surface area contributed by atoms with Crippen LogP contribution < -0.4 is 5.32 Å². The van der Waals surface area contributed by atoms with Gasteiger partial charge in [0.1, 0.15) is 0 Å². The number of carbonyl (C=O) groups excluding carboxylic acids is 1. The van der Waals surface area contributed by atoms with E-state index in [0.29, 0.717) is 18.2 Å². The van der Waals surface area contributed by atoms with Crippen LogP contribution in [0.25, 0.3) is 0 Å². The summed E-state index contributed by atoms with van der Waals surface area (Å²) in [7, 11) is -3.67. The second-order valence-electron chi connectivity index (χ2n) is 5.05. The fourth-order valence-corrected chi connectivity index (χ4v) is 1.97. The maximum atomic E-state index is 12.1. The molecule has 0 aliphatic carbocycles. The minimum Gasteiger partial charge on any atom is -0.396 e. The Morgan fingerprint density at radius 3 is 1.96 bits per heavy atom. The molecule has 24 heavy (non-hydrogen) atoms. The van der Waals surface area contributed by atoms with Gasteiger partial charge in [0, 0.05) is 12.2 Å². The number of nitrogens with one attached hydrogen (secondary N) is 1. The van der Waals surface area contributed by atoms with Crippen LogP contribution in [0, 0.1) is 0 Å². The Balaban J connectivity index is 0.000000505. The highest BCUT2D eigenvalue weighted by molar-refractivity contribution is 7.85. The van der Waals surface area contributed by atoms with E-state index in [2.05, 4.69) is 5.32 Å². The van der Waals surface area contributed by atoms with Crippen molar-refractivity contribution in [2.75, 3.05) is 12.9 Å². The number of aliphatic hydroxyl groups is 1. The van der Waals surface area contributed by atoms with Crippen LogP contribution >= 0.6 is 0 Å². The molecule has 0 spiro atoms. The molecule has 0 fully saturated rings. The molecule has 0 aliphatic heterocycles. The van der Waals surface area contributed by atoms with Gasteiger partial charge >= 0.3 is 0 Å². The number of carbonyl (C=O) groups is 1. The van der Waals surface area contributed by atoms with Crippen LogP contribution in [0.2, 0.25) is 0 Å². The number of aliphatic hydroxyl groups excluding tert-OH is 1. The van der Waals surface area contributed by atoms with Crippen LogP contribution in [0.4, 0.5) is 0 Å². The number of rotatable bonds is 5. The molecule has 7 heteroatoms. The molecule has 0 aliphatic rings. The molecular formula is C17H21NO5S. The normalized spacial score (nSPS) is 11.8. The lowest BCUT2D eigenvalue weighted by atomic mass is 10.0. The van der Waals surface area contributed by atoms with Gasteiger partial charge in [0.2, 0.25) is 0 Å². The summed E-state index contributed by atoms with van der Waals surface area (Å²) in [6, 6.07) is 18.6. The zero-order chi connectivity index (χ0) is 18.0. The summed E-state index contributed by atoms with van der Waals surface area (Å²) in [6.07, 6.45) is 1.22. The van der Waals surface area contributed by atoms with Gasteiger partial charge in [-0.25, -0.2) is 0 Å². The maximum absolute atomic E-state index is 12.1. The monoisotopic (exact) mass is 351 g/mol. The van der Waals surface area contributed by atoms with Crippen molar-refractivity contribution in [3.8, 4) is 0 Å². The summed E-state index contributed by atoms with van der Waals surface area (Å²) in [6.45, 7) is 0.0363. The predicted molar refractivity (Wildman–Crippen MR) is 92.3 cm³/mol. The van der Waals surface area contributed by atoms with Crippen molar-refractivity contribution < 1.29 is 22.9 Å². The maximum Gasteiger partial charge on any atom is 0.261 e. The first-order valence-electron chi connectivity index (χ1n) is 7.25. The number of hydrogen-bond donors (Lipinski definition) is 3. The van der Waals surface area contributed by atoms with Crippen molar-refractivity contribution in [3.05, 3.63) is 71.8 Å². The van der Waals surface area contributed by atoms with Crippen molar-refractivity contribution >= 4 is 16.0 Å². The van der Waals surface area contributed by atoms with Crippen LogP contribution in [-0.2, 0) is 10.1 Å². The highest BCUT2D eigenvalue weighted by Gasteiger charge is 2.14. The van der Waals surface area contributed by atoms with E-state index >= 15 is 0 Å². The summed E-state index contributed by atoms with van der Waals surface area (Å²) in [4.78, 5) is 12.1. The van der Waals surface area contributed by atoms with E-state index in [1.54, 1.807) is 12.1 Å². The molecule has 1 amide bonds. The summed E-state index contributed by atoms with van der Waals surface area (Å²) in [5.74, 6) is -0.122. The molecule has 0 aromatic heterocycles. The van der Waals surface area contributed by atoms with Crippen LogP contribution in [0.15, 0.2) is 60.7 Å². The Bertz CT molecular complexity index is 709. The minimum atomic E-state index is -3.67. The highest BCUT2D eigenvalue weighted by Crippen LogP contribution is 2.16. The molecule has 2 aromatic rings. The fourth-order valence-electron chi connectivity index (χ4n) is 1.97. The Morgan fingerprint density at radius 2 is 1.50 bits per heavy atom. The third-order valence-corrected chi connectivity index (χ3v) is 2.96. The summed E-state index contributed by atoms with van der Waals surface area (Å²) >= 11 is 0. The summed E-state index contributed by atoms with van der Waals surface area (Å²) < 4.78 is 25.9. The largest absolute Gasteiger partial charge is 0.396 e. The topological polar surface area (TPSA) is 104 Å². The van der Waals surface area contributed by atoms with Crippen molar-refractivity contribution in [1.82, 2.24) is 5.32 Å². The molecule has 0 bridgehead atoms. The Hall–Kier alpha value is -2.22. The zero-order valence-electron chi connectivity index (χ0n) is 13.3. The average Bonchev–Trinajstić information content (AvgIpc) is 2.54. The summed E-state index contributed by atoms with van der Waals surface area (Å²) in [5.41, 5.74) is 1.63. The molecule has 1 unspecified atom stereocenters. The molecule has 0 radical (unpaired) electrons.